The number of nitrogens with zero attached hydrogens (tertiary/aromatic N) is 1. The lowest BCUT2D eigenvalue weighted by molar-refractivity contribution is -0.0595. The summed E-state index contributed by atoms with van der Waals surface area (Å²) in [7, 11) is 0. The van der Waals surface area contributed by atoms with Crippen LogP contribution in [-0.4, -0.2) is 57.5 Å². The van der Waals surface area contributed by atoms with E-state index in [1.165, 1.54) is 0 Å². The van der Waals surface area contributed by atoms with Gasteiger partial charge in [-0.3, -0.25) is 0 Å². The van der Waals surface area contributed by atoms with Crippen molar-refractivity contribution in [1.29, 1.82) is 0 Å². The Labute approximate surface area is 91.0 Å². The minimum absolute atomic E-state index is 0.297. The molecule has 0 aliphatic carbocycles. The van der Waals surface area contributed by atoms with E-state index in [0.29, 0.717) is 25.9 Å². The molecule has 0 aliphatic heterocycles. The maximum absolute atomic E-state index is 8.73. The Morgan fingerprint density at radius 1 is 0.867 bits per heavy atom. The van der Waals surface area contributed by atoms with Crippen molar-refractivity contribution in [3.8, 4) is 0 Å². The second-order valence-electron chi connectivity index (χ2n) is 3.73. The predicted molar refractivity (Wildman–Crippen MR) is 57.0 cm³/mol. The highest BCUT2D eigenvalue weighted by Crippen LogP contribution is 2.01. The van der Waals surface area contributed by atoms with Crippen LogP contribution < -0.4 is 0 Å². The molecule has 0 amide bonds. The third-order valence-electron chi connectivity index (χ3n) is 2.23. The van der Waals surface area contributed by atoms with Gasteiger partial charge in [0.15, 0.2) is 12.6 Å². The molecule has 0 radical (unpaired) electrons. The molecule has 0 saturated heterocycles. The molecule has 5 heteroatoms. The maximum Gasteiger partial charge on any atom is 0.152 e. The van der Waals surface area contributed by atoms with E-state index in [1.54, 1.807) is 0 Å². The Morgan fingerprint density at radius 3 is 1.67 bits per heavy atom. The zero-order chi connectivity index (χ0) is 11.7. The number of aliphatic hydroxyl groups is 4. The van der Waals surface area contributed by atoms with E-state index < -0.39 is 12.6 Å². The Bertz CT molecular complexity index is 129. The summed E-state index contributed by atoms with van der Waals surface area (Å²) in [5, 5.41) is 34.9. The minimum Gasteiger partial charge on any atom is -0.368 e. The molecule has 0 heterocycles. The van der Waals surface area contributed by atoms with Crippen LogP contribution in [0.25, 0.3) is 0 Å². The molecule has 0 aromatic carbocycles. The van der Waals surface area contributed by atoms with Gasteiger partial charge in [0.2, 0.25) is 0 Å². The van der Waals surface area contributed by atoms with Crippen LogP contribution >= 0.6 is 0 Å². The van der Waals surface area contributed by atoms with Gasteiger partial charge in [-0.1, -0.05) is 13.3 Å². The van der Waals surface area contributed by atoms with E-state index in [0.717, 1.165) is 19.4 Å². The highest BCUT2D eigenvalue weighted by molar-refractivity contribution is 4.59. The van der Waals surface area contributed by atoms with Gasteiger partial charge in [-0.2, -0.15) is 0 Å². The van der Waals surface area contributed by atoms with Gasteiger partial charge in [-0.05, 0) is 13.0 Å². The molecular formula is C10H23NO4. The topological polar surface area (TPSA) is 84.2 Å². The summed E-state index contributed by atoms with van der Waals surface area (Å²) in [5.74, 6) is 0. The van der Waals surface area contributed by atoms with Crippen molar-refractivity contribution >= 4 is 0 Å². The third kappa shape index (κ3) is 10.1. The summed E-state index contributed by atoms with van der Waals surface area (Å²) < 4.78 is 0. The van der Waals surface area contributed by atoms with Crippen molar-refractivity contribution in [3.05, 3.63) is 0 Å². The summed E-state index contributed by atoms with van der Waals surface area (Å²) >= 11 is 0. The molecule has 0 unspecified atom stereocenters. The van der Waals surface area contributed by atoms with Crippen LogP contribution in [0.3, 0.4) is 0 Å². The van der Waals surface area contributed by atoms with Crippen LogP contribution in [0.15, 0.2) is 0 Å². The Hall–Kier alpha value is -0.200. The number of unbranched alkanes of at least 4 members (excludes halogenated alkanes) is 1. The lowest BCUT2D eigenvalue weighted by Crippen LogP contribution is -2.31. The molecule has 0 bridgehead atoms. The standard InChI is InChI=1S/C10H23NO4/c1-2-3-6-11(7-4-9(12)13)8-5-10(14)15/h9-10,12-15H,2-8H2,1H3. The molecule has 0 atom stereocenters. The van der Waals surface area contributed by atoms with E-state index in [4.69, 9.17) is 20.4 Å². The normalized spacial score (nSPS) is 12.0. The average Bonchev–Trinajstić information content (AvgIpc) is 2.16. The van der Waals surface area contributed by atoms with Gasteiger partial charge in [0.25, 0.3) is 0 Å². The Kier molecular flexibility index (Phi) is 8.94. The Balaban J connectivity index is 3.73. The Morgan fingerprint density at radius 2 is 1.33 bits per heavy atom. The third-order valence-corrected chi connectivity index (χ3v) is 2.23. The number of aliphatic hydroxyl groups excluding tert-OH is 2. The lowest BCUT2D eigenvalue weighted by atomic mass is 10.2. The molecule has 0 aromatic rings. The van der Waals surface area contributed by atoms with Crippen LogP contribution in [0.2, 0.25) is 0 Å². The molecule has 0 spiro atoms. The van der Waals surface area contributed by atoms with Crippen molar-refractivity contribution < 1.29 is 20.4 Å². The fourth-order valence-corrected chi connectivity index (χ4v) is 1.31. The number of hydrogen-bond acceptors (Lipinski definition) is 5. The molecule has 4 N–H and O–H groups in total. The zero-order valence-electron chi connectivity index (χ0n) is 9.34. The first-order valence-corrected chi connectivity index (χ1v) is 5.51. The quantitative estimate of drug-likeness (QED) is 0.394. The molecule has 0 aromatic heterocycles. The van der Waals surface area contributed by atoms with Crippen molar-refractivity contribution in [2.75, 3.05) is 19.6 Å². The van der Waals surface area contributed by atoms with Crippen molar-refractivity contribution in [3.63, 3.8) is 0 Å². The van der Waals surface area contributed by atoms with Gasteiger partial charge >= 0.3 is 0 Å². The smallest absolute Gasteiger partial charge is 0.152 e. The fourth-order valence-electron chi connectivity index (χ4n) is 1.31. The van der Waals surface area contributed by atoms with Crippen LogP contribution in [0.1, 0.15) is 32.6 Å². The molecule has 15 heavy (non-hydrogen) atoms. The van der Waals surface area contributed by atoms with Crippen molar-refractivity contribution in [2.24, 2.45) is 0 Å². The van der Waals surface area contributed by atoms with Crippen LogP contribution in [0.5, 0.6) is 0 Å². The average molecular weight is 221 g/mol. The van der Waals surface area contributed by atoms with Crippen molar-refractivity contribution in [1.82, 2.24) is 4.90 Å². The largest absolute Gasteiger partial charge is 0.368 e. The van der Waals surface area contributed by atoms with Gasteiger partial charge < -0.3 is 25.3 Å². The molecule has 0 aliphatic rings. The second kappa shape index (κ2) is 9.06. The van der Waals surface area contributed by atoms with Gasteiger partial charge in [-0.25, -0.2) is 0 Å². The highest BCUT2D eigenvalue weighted by atomic mass is 16.5. The monoisotopic (exact) mass is 221 g/mol. The highest BCUT2D eigenvalue weighted by Gasteiger charge is 2.08. The molecular weight excluding hydrogens is 198 g/mol. The predicted octanol–water partition coefficient (Wildman–Crippen LogP) is -0.510. The van der Waals surface area contributed by atoms with E-state index >= 15 is 0 Å². The summed E-state index contributed by atoms with van der Waals surface area (Å²) in [6.07, 6.45) is 0.126. The molecule has 92 valence electrons. The molecule has 0 rings (SSSR count). The van der Waals surface area contributed by atoms with E-state index in [-0.39, 0.29) is 0 Å². The first-order chi connectivity index (χ1) is 7.06. The second-order valence-corrected chi connectivity index (χ2v) is 3.73. The minimum atomic E-state index is -1.28. The fraction of sp³-hybridized carbons (Fsp3) is 1.00. The van der Waals surface area contributed by atoms with Gasteiger partial charge in [0, 0.05) is 25.9 Å². The first-order valence-electron chi connectivity index (χ1n) is 5.51. The molecule has 5 nitrogen and oxygen atoms in total. The summed E-state index contributed by atoms with van der Waals surface area (Å²) in [6.45, 7) is 4.09. The van der Waals surface area contributed by atoms with Crippen LogP contribution in [-0.2, 0) is 0 Å². The molecule has 0 saturated carbocycles. The van der Waals surface area contributed by atoms with Gasteiger partial charge in [0.05, 0.1) is 0 Å². The molecule has 0 fully saturated rings. The van der Waals surface area contributed by atoms with E-state index in [2.05, 4.69) is 6.92 Å². The lowest BCUT2D eigenvalue weighted by Gasteiger charge is -2.22. The number of hydrogen-bond donors (Lipinski definition) is 4. The van der Waals surface area contributed by atoms with Gasteiger partial charge in [-0.15, -0.1) is 0 Å². The summed E-state index contributed by atoms with van der Waals surface area (Å²) in [5.41, 5.74) is 0. The number of rotatable bonds is 9. The van der Waals surface area contributed by atoms with E-state index in [9.17, 15) is 0 Å². The summed E-state index contributed by atoms with van der Waals surface area (Å²) in [4.78, 5) is 2.02. The first kappa shape index (κ1) is 14.8. The van der Waals surface area contributed by atoms with Crippen LogP contribution in [0, 0.1) is 0 Å². The summed E-state index contributed by atoms with van der Waals surface area (Å²) in [6, 6.07) is 0. The maximum atomic E-state index is 8.73. The zero-order valence-corrected chi connectivity index (χ0v) is 9.34. The van der Waals surface area contributed by atoms with Crippen molar-refractivity contribution in [2.45, 2.75) is 45.2 Å². The van der Waals surface area contributed by atoms with Gasteiger partial charge in [0.1, 0.15) is 0 Å². The van der Waals surface area contributed by atoms with E-state index in [1.807, 2.05) is 4.90 Å². The SMILES string of the molecule is CCCCN(CCC(O)O)CCC(O)O. The van der Waals surface area contributed by atoms with Crippen LogP contribution in [0.4, 0.5) is 0 Å².